The minimum absolute atomic E-state index is 0.354. The molecule has 2 fully saturated rings. The Balaban J connectivity index is 2.20. The van der Waals surface area contributed by atoms with Crippen LogP contribution in [0.15, 0.2) is 0 Å². The van der Waals surface area contributed by atoms with Gasteiger partial charge in [0.25, 0.3) is 0 Å². The fourth-order valence-electron chi connectivity index (χ4n) is 2.70. The lowest BCUT2D eigenvalue weighted by molar-refractivity contribution is 0.00854. The van der Waals surface area contributed by atoms with E-state index < -0.39 is 5.60 Å². The third-order valence-electron chi connectivity index (χ3n) is 4.17. The van der Waals surface area contributed by atoms with Crippen molar-refractivity contribution in [3.8, 4) is 0 Å². The topological polar surface area (TPSA) is 20.2 Å². The highest BCUT2D eigenvalue weighted by Gasteiger charge is 2.57. The Bertz CT molecular complexity index is 175. The molecule has 2 aliphatic carbocycles. The average molecular weight is 184 g/mol. The number of rotatable bonds is 3. The van der Waals surface area contributed by atoms with Crippen LogP contribution in [0.2, 0.25) is 5.04 Å². The number of hydrogen-bond acceptors (Lipinski definition) is 1. The molecular weight excluding hydrogens is 164 g/mol. The zero-order valence-corrected chi connectivity index (χ0v) is 10.4. The van der Waals surface area contributed by atoms with E-state index in [1.807, 2.05) is 13.8 Å². The zero-order chi connectivity index (χ0) is 8.98. The minimum Gasteiger partial charge on any atom is -0.390 e. The quantitative estimate of drug-likeness (QED) is 0.651. The third kappa shape index (κ3) is 1.16. The Kier molecular flexibility index (Phi) is 1.72. The number of hydrogen-bond donors (Lipinski definition) is 1. The van der Waals surface area contributed by atoms with E-state index in [2.05, 4.69) is 0 Å². The van der Waals surface area contributed by atoms with Gasteiger partial charge in [-0.1, -0.05) is 0 Å². The second-order valence-corrected chi connectivity index (χ2v) is 7.04. The van der Waals surface area contributed by atoms with Crippen LogP contribution in [-0.2, 0) is 0 Å². The van der Waals surface area contributed by atoms with Gasteiger partial charge in [-0.25, -0.2) is 0 Å². The highest BCUT2D eigenvalue weighted by molar-refractivity contribution is 6.17. The molecule has 2 aliphatic rings. The van der Waals surface area contributed by atoms with Crippen LogP contribution in [0.1, 0.15) is 39.5 Å². The summed E-state index contributed by atoms with van der Waals surface area (Å²) < 4.78 is 0. The third-order valence-corrected chi connectivity index (χ3v) is 7.03. The van der Waals surface area contributed by atoms with E-state index in [1.54, 1.807) is 0 Å². The SMILES string of the molecule is CC(C)(O)C([SiH3])(C1CC1)C1CC1. The zero-order valence-electron chi connectivity index (χ0n) is 8.43. The van der Waals surface area contributed by atoms with Crippen molar-refractivity contribution >= 4 is 10.2 Å². The van der Waals surface area contributed by atoms with Gasteiger partial charge in [-0.2, -0.15) is 0 Å². The normalized spacial score (nSPS) is 26.2. The summed E-state index contributed by atoms with van der Waals surface area (Å²) in [6.45, 7) is 4.05. The Morgan fingerprint density at radius 3 is 1.58 bits per heavy atom. The van der Waals surface area contributed by atoms with Crippen LogP contribution in [-0.4, -0.2) is 21.0 Å². The van der Waals surface area contributed by atoms with E-state index in [0.717, 1.165) is 11.8 Å². The van der Waals surface area contributed by atoms with E-state index in [1.165, 1.54) is 35.9 Å². The second kappa shape index (κ2) is 2.35. The smallest absolute Gasteiger partial charge is 0.0620 e. The highest BCUT2D eigenvalue weighted by atomic mass is 28.1. The summed E-state index contributed by atoms with van der Waals surface area (Å²) >= 11 is 0. The van der Waals surface area contributed by atoms with Crippen LogP contribution >= 0.6 is 0 Å². The fraction of sp³-hybridized carbons (Fsp3) is 1.00. The van der Waals surface area contributed by atoms with Gasteiger partial charge in [0.05, 0.1) is 5.60 Å². The van der Waals surface area contributed by atoms with E-state index in [9.17, 15) is 5.11 Å². The maximum atomic E-state index is 10.2. The van der Waals surface area contributed by atoms with Crippen molar-refractivity contribution in [1.29, 1.82) is 0 Å². The van der Waals surface area contributed by atoms with Crippen LogP contribution in [0.25, 0.3) is 0 Å². The first kappa shape index (κ1) is 8.76. The molecule has 0 aromatic rings. The molecule has 0 aromatic carbocycles. The predicted molar refractivity (Wildman–Crippen MR) is 54.4 cm³/mol. The molecule has 0 heterocycles. The van der Waals surface area contributed by atoms with Gasteiger partial charge in [0, 0.05) is 10.2 Å². The summed E-state index contributed by atoms with van der Waals surface area (Å²) in [6.07, 6.45) is 5.52. The van der Waals surface area contributed by atoms with E-state index in [0.29, 0.717) is 5.04 Å². The van der Waals surface area contributed by atoms with Crippen LogP contribution in [0.4, 0.5) is 0 Å². The van der Waals surface area contributed by atoms with Crippen molar-refractivity contribution in [2.45, 2.75) is 50.2 Å². The van der Waals surface area contributed by atoms with Crippen LogP contribution in [0.3, 0.4) is 0 Å². The molecule has 2 heteroatoms. The first-order valence-electron chi connectivity index (χ1n) is 5.18. The standard InChI is InChI=1S/C10H20OSi/c1-9(2,11)10(12,7-3-4-7)8-5-6-8/h7-8,11H,3-6H2,1-2,12H3. The summed E-state index contributed by atoms with van der Waals surface area (Å²) in [6, 6.07) is 0. The van der Waals surface area contributed by atoms with Crippen LogP contribution in [0.5, 0.6) is 0 Å². The molecule has 1 N–H and O–H groups in total. The molecule has 2 rings (SSSR count). The van der Waals surface area contributed by atoms with E-state index >= 15 is 0 Å². The minimum atomic E-state index is -0.415. The molecule has 0 saturated heterocycles. The van der Waals surface area contributed by atoms with Gasteiger partial charge in [0.2, 0.25) is 0 Å². The van der Waals surface area contributed by atoms with Gasteiger partial charge in [-0.3, -0.25) is 0 Å². The molecule has 0 spiro atoms. The van der Waals surface area contributed by atoms with Crippen molar-refractivity contribution in [1.82, 2.24) is 0 Å². The van der Waals surface area contributed by atoms with E-state index in [-0.39, 0.29) is 0 Å². The van der Waals surface area contributed by atoms with E-state index in [4.69, 9.17) is 0 Å². The van der Waals surface area contributed by atoms with Gasteiger partial charge in [-0.15, -0.1) is 0 Å². The molecule has 2 saturated carbocycles. The van der Waals surface area contributed by atoms with Crippen molar-refractivity contribution in [3.05, 3.63) is 0 Å². The summed E-state index contributed by atoms with van der Waals surface area (Å²) in [5.41, 5.74) is -0.415. The molecule has 0 atom stereocenters. The molecule has 1 nitrogen and oxygen atoms in total. The highest BCUT2D eigenvalue weighted by Crippen LogP contribution is 2.65. The van der Waals surface area contributed by atoms with Crippen LogP contribution in [0, 0.1) is 11.8 Å². The Morgan fingerprint density at radius 1 is 1.08 bits per heavy atom. The fourth-order valence-corrected chi connectivity index (χ4v) is 3.85. The van der Waals surface area contributed by atoms with Crippen molar-refractivity contribution < 1.29 is 5.11 Å². The maximum Gasteiger partial charge on any atom is 0.0620 e. The molecule has 0 unspecified atom stereocenters. The van der Waals surface area contributed by atoms with Crippen molar-refractivity contribution in [3.63, 3.8) is 0 Å². The lowest BCUT2D eigenvalue weighted by atomic mass is 9.81. The molecule has 0 aliphatic heterocycles. The molecule has 12 heavy (non-hydrogen) atoms. The Morgan fingerprint density at radius 2 is 1.42 bits per heavy atom. The second-order valence-electron chi connectivity index (χ2n) is 5.39. The Labute approximate surface area is 78.0 Å². The largest absolute Gasteiger partial charge is 0.390 e. The van der Waals surface area contributed by atoms with Crippen LogP contribution < -0.4 is 0 Å². The summed E-state index contributed by atoms with van der Waals surface area (Å²) in [5.74, 6) is 1.74. The lowest BCUT2D eigenvalue weighted by Crippen LogP contribution is -2.41. The van der Waals surface area contributed by atoms with Gasteiger partial charge >= 0.3 is 0 Å². The molecular formula is C10H20OSi. The maximum absolute atomic E-state index is 10.2. The van der Waals surface area contributed by atoms with Crippen molar-refractivity contribution in [2.75, 3.05) is 0 Å². The molecule has 0 bridgehead atoms. The summed E-state index contributed by atoms with van der Waals surface area (Å²) in [7, 11) is 1.17. The molecule has 0 radical (unpaired) electrons. The molecule has 0 amide bonds. The first-order valence-corrected chi connectivity index (χ1v) is 6.18. The average Bonchev–Trinajstić information content (AvgIpc) is 2.79. The number of aliphatic hydroxyl groups is 1. The van der Waals surface area contributed by atoms with Gasteiger partial charge < -0.3 is 5.11 Å². The monoisotopic (exact) mass is 184 g/mol. The Hall–Kier alpha value is 0.177. The first-order chi connectivity index (χ1) is 5.46. The van der Waals surface area contributed by atoms with Gasteiger partial charge in [0.15, 0.2) is 0 Å². The summed E-state index contributed by atoms with van der Waals surface area (Å²) in [4.78, 5) is 0. The van der Waals surface area contributed by atoms with Crippen molar-refractivity contribution in [2.24, 2.45) is 11.8 Å². The lowest BCUT2D eigenvalue weighted by Gasteiger charge is -2.41. The summed E-state index contributed by atoms with van der Waals surface area (Å²) in [5, 5.41) is 10.5. The van der Waals surface area contributed by atoms with Gasteiger partial charge in [-0.05, 0) is 56.4 Å². The van der Waals surface area contributed by atoms with Gasteiger partial charge in [0.1, 0.15) is 0 Å². The predicted octanol–water partition coefficient (Wildman–Crippen LogP) is 1.10. The molecule has 70 valence electrons. The molecule has 0 aromatic heterocycles.